The van der Waals surface area contributed by atoms with Gasteiger partial charge in [0.1, 0.15) is 11.5 Å². The fraction of sp³-hybridized carbons (Fsp3) is 0.667. The highest BCUT2D eigenvalue weighted by molar-refractivity contribution is 8.76. The number of nitrogens with zero attached hydrogens (tertiary/aromatic N) is 1. The van der Waals surface area contributed by atoms with Crippen LogP contribution in [0.15, 0.2) is 81.7 Å². The second kappa shape index (κ2) is 19.0. The smallest absolute Gasteiger partial charge is 0.340 e. The standard InChI is InChI=1S/C54H70N4O7S2/c1-2-53(23-9-10-24-53)28-41-38-16-15-37-36-21-25-54(48(37)47(38)51(62)64-41)42-18-17-35(32-11-5-3-6-12-32)50(56-29-40(59)33-13-7-4-8-14-33)67-66-31-57-43-27-34(22-26-55-43)39(46(36)49(54)52(63)65-42)30-58-44(60)19-20-45(58)61/h18-20,22,27-28,32-33,35-37,39-40,48,50,55-57,59H,2-17,21,23-26,29-31H2,1H3/b41-28-,42-18-/t35-,36-,37-,39-,40-,48+,50+,54-/m0/s1. The fourth-order valence-corrected chi connectivity index (χ4v) is 17.7. The number of imide groups is 1. The molecule has 67 heavy (non-hydrogen) atoms. The van der Waals surface area contributed by atoms with Gasteiger partial charge in [0, 0.05) is 54.8 Å². The third-order valence-electron chi connectivity index (χ3n) is 18.6. The van der Waals surface area contributed by atoms with Crippen LogP contribution < -0.4 is 16.0 Å². The maximum absolute atomic E-state index is 15.3. The maximum atomic E-state index is 15.3. The third kappa shape index (κ3) is 8.25. The number of hydrogen-bond donors (Lipinski definition) is 4. The number of hydrogen-bond acceptors (Lipinski definition) is 12. The largest absolute Gasteiger partial charge is 0.427 e. The molecule has 0 aromatic carbocycles. The molecule has 7 aliphatic carbocycles. The van der Waals surface area contributed by atoms with Crippen molar-refractivity contribution >= 4 is 45.3 Å². The summed E-state index contributed by atoms with van der Waals surface area (Å²) in [5.41, 5.74) is 3.48. The Morgan fingerprint density at radius 2 is 1.64 bits per heavy atom. The number of carbonyl (C=O) groups excluding carboxylic acids is 4. The monoisotopic (exact) mass is 950 g/mol. The van der Waals surface area contributed by atoms with Gasteiger partial charge in [0.05, 0.1) is 34.2 Å². The van der Waals surface area contributed by atoms with E-state index in [4.69, 9.17) is 9.47 Å². The van der Waals surface area contributed by atoms with Gasteiger partial charge in [0.2, 0.25) is 0 Å². The van der Waals surface area contributed by atoms with Crippen molar-refractivity contribution in [3.05, 3.63) is 81.7 Å². The molecule has 0 aromatic rings. The lowest BCUT2D eigenvalue weighted by Gasteiger charge is -2.57. The van der Waals surface area contributed by atoms with Crippen LogP contribution in [0.3, 0.4) is 0 Å². The Balaban J connectivity index is 1.06. The zero-order valence-corrected chi connectivity index (χ0v) is 40.9. The molecule has 1 saturated heterocycles. The van der Waals surface area contributed by atoms with Crippen LogP contribution in [-0.2, 0) is 28.7 Å². The number of rotatable bonds is 9. The number of dihydropyridines is 1. The Morgan fingerprint density at radius 1 is 0.881 bits per heavy atom. The van der Waals surface area contributed by atoms with Crippen molar-refractivity contribution in [3.8, 4) is 0 Å². The van der Waals surface area contributed by atoms with Crippen LogP contribution in [-0.4, -0.2) is 70.7 Å². The maximum Gasteiger partial charge on any atom is 0.340 e. The van der Waals surface area contributed by atoms with E-state index in [-0.39, 0.29) is 64.8 Å². The number of nitrogens with one attached hydrogen (secondary N) is 3. The summed E-state index contributed by atoms with van der Waals surface area (Å²) in [7, 11) is 3.63. The molecule has 0 radical (unpaired) electrons. The number of amides is 2. The molecule has 5 heterocycles. The van der Waals surface area contributed by atoms with Crippen molar-refractivity contribution in [3.63, 3.8) is 0 Å². The number of esters is 2. The highest BCUT2D eigenvalue weighted by atomic mass is 33.1. The second-order valence-electron chi connectivity index (χ2n) is 21.7. The highest BCUT2D eigenvalue weighted by Crippen LogP contribution is 2.72. The van der Waals surface area contributed by atoms with Gasteiger partial charge >= 0.3 is 11.9 Å². The Labute approximate surface area is 404 Å². The molecular formula is C54H70N4O7S2. The minimum atomic E-state index is -0.902. The van der Waals surface area contributed by atoms with Gasteiger partial charge in [-0.25, -0.2) is 9.59 Å². The van der Waals surface area contributed by atoms with Crippen molar-refractivity contribution in [2.45, 2.75) is 147 Å². The predicted octanol–water partition coefficient (Wildman–Crippen LogP) is 9.17. The Bertz CT molecular complexity index is 2240. The zero-order valence-electron chi connectivity index (χ0n) is 39.3. The first kappa shape index (κ1) is 45.9. The summed E-state index contributed by atoms with van der Waals surface area (Å²) in [6.07, 6.45) is 32.1. The molecule has 12 aliphatic rings. The van der Waals surface area contributed by atoms with Gasteiger partial charge in [0.15, 0.2) is 0 Å². The van der Waals surface area contributed by atoms with Crippen LogP contribution >= 0.6 is 21.6 Å². The van der Waals surface area contributed by atoms with Crippen molar-refractivity contribution in [1.82, 2.24) is 20.9 Å². The number of fused-ring (bicyclic) bond motifs is 2. The number of aliphatic hydroxyl groups is 1. The van der Waals surface area contributed by atoms with Crippen LogP contribution in [0.2, 0.25) is 0 Å². The number of carbonyl (C=O) groups is 4. The third-order valence-corrected chi connectivity index (χ3v) is 21.1. The van der Waals surface area contributed by atoms with Crippen molar-refractivity contribution in [2.24, 2.45) is 52.3 Å². The average Bonchev–Trinajstić information content (AvgIpc) is 4.12. The number of ether oxygens (including phenoxy) is 2. The average molecular weight is 951 g/mol. The molecule has 1 spiro atoms. The van der Waals surface area contributed by atoms with E-state index in [1.165, 1.54) is 68.4 Å². The summed E-state index contributed by atoms with van der Waals surface area (Å²) in [6, 6.07) is 0. The molecule has 7 bridgehead atoms. The minimum absolute atomic E-state index is 0.0227. The first-order chi connectivity index (χ1) is 32.7. The molecule has 5 aliphatic heterocycles. The molecule has 13 heteroatoms. The molecule has 2 amide bonds. The molecule has 5 fully saturated rings. The van der Waals surface area contributed by atoms with Crippen LogP contribution in [0.25, 0.3) is 0 Å². The Morgan fingerprint density at radius 3 is 2.40 bits per heavy atom. The summed E-state index contributed by atoms with van der Waals surface area (Å²) >= 11 is 0. The van der Waals surface area contributed by atoms with Crippen molar-refractivity contribution in [2.75, 3.05) is 25.5 Å². The van der Waals surface area contributed by atoms with Crippen LogP contribution in [0.4, 0.5) is 0 Å². The van der Waals surface area contributed by atoms with Crippen LogP contribution in [0.1, 0.15) is 135 Å². The number of allylic oxidation sites excluding steroid dienone is 5. The Kier molecular flexibility index (Phi) is 13.0. The van der Waals surface area contributed by atoms with Gasteiger partial charge < -0.3 is 30.5 Å². The lowest BCUT2D eigenvalue weighted by atomic mass is 9.43. The van der Waals surface area contributed by atoms with E-state index < -0.39 is 17.4 Å². The molecule has 0 aromatic heterocycles. The molecule has 4 saturated carbocycles. The second-order valence-corrected chi connectivity index (χ2v) is 24.3. The highest BCUT2D eigenvalue weighted by Gasteiger charge is 2.69. The number of aliphatic hydroxyl groups excluding tert-OH is 1. The van der Waals surface area contributed by atoms with Gasteiger partial charge in [-0.3, -0.25) is 14.5 Å². The number of cyclic esters (lactones) is 1. The van der Waals surface area contributed by atoms with E-state index in [2.05, 4.69) is 47.2 Å². The molecule has 11 nitrogen and oxygen atoms in total. The summed E-state index contributed by atoms with van der Waals surface area (Å²) in [5.74, 6) is 1.83. The van der Waals surface area contributed by atoms with E-state index in [9.17, 15) is 19.5 Å². The summed E-state index contributed by atoms with van der Waals surface area (Å²) < 4.78 is 13.2. The normalized spacial score (nSPS) is 36.2. The lowest BCUT2D eigenvalue weighted by Crippen LogP contribution is -2.54. The van der Waals surface area contributed by atoms with Crippen molar-refractivity contribution in [1.29, 1.82) is 0 Å². The molecule has 12 rings (SSSR count). The lowest BCUT2D eigenvalue weighted by molar-refractivity contribution is -0.138. The zero-order chi connectivity index (χ0) is 45.9. The first-order valence-electron chi connectivity index (χ1n) is 26.2. The first-order valence-corrected chi connectivity index (χ1v) is 28.5. The quantitative estimate of drug-likeness (QED) is 0.0994. The van der Waals surface area contributed by atoms with Gasteiger partial charge in [-0.15, -0.1) is 0 Å². The molecule has 8 atom stereocenters. The van der Waals surface area contributed by atoms with Gasteiger partial charge in [-0.2, -0.15) is 0 Å². The summed E-state index contributed by atoms with van der Waals surface area (Å²) in [6.45, 7) is 3.46. The predicted molar refractivity (Wildman–Crippen MR) is 261 cm³/mol. The molecule has 4 N–H and O–H groups in total. The molecule has 360 valence electrons. The minimum Gasteiger partial charge on any atom is -0.427 e. The SMILES string of the molecule is CCC1(/C=C2\OC(=O)C3=C2CC[C@H]2[C@@H]4CC[C@@]5(C6=C4[C@@H](CN4C(=O)C=CC4=O)C4=CCNC(=C4)NCSS[C@@H](NC[C@H](O)C4CCCCC4)[C@H](C4CCCCC4)C/C=C/5OC6=O)[C@@H]32)CCCC1. The van der Waals surface area contributed by atoms with Crippen LogP contribution in [0.5, 0.6) is 0 Å². The van der Waals surface area contributed by atoms with Gasteiger partial charge in [-0.05, 0) is 129 Å². The van der Waals surface area contributed by atoms with Gasteiger partial charge in [0.25, 0.3) is 11.8 Å². The van der Waals surface area contributed by atoms with E-state index in [0.29, 0.717) is 55.0 Å². The molecular weight excluding hydrogens is 881 g/mol. The van der Waals surface area contributed by atoms with Crippen LogP contribution in [0, 0.1) is 52.3 Å². The van der Waals surface area contributed by atoms with E-state index in [0.717, 1.165) is 98.1 Å². The van der Waals surface area contributed by atoms with Gasteiger partial charge in [-0.1, -0.05) is 98.8 Å². The van der Waals surface area contributed by atoms with E-state index >= 15 is 4.79 Å². The van der Waals surface area contributed by atoms with E-state index in [1.54, 1.807) is 10.8 Å². The Hall–Kier alpha value is -3.52. The van der Waals surface area contributed by atoms with Crippen molar-refractivity contribution < 1.29 is 33.8 Å². The van der Waals surface area contributed by atoms with E-state index in [1.807, 2.05) is 10.8 Å². The summed E-state index contributed by atoms with van der Waals surface area (Å²) in [4.78, 5) is 58.2. The molecule has 0 unspecified atom stereocenters. The fourth-order valence-electron chi connectivity index (χ4n) is 15.2. The topological polar surface area (TPSA) is 146 Å². The summed E-state index contributed by atoms with van der Waals surface area (Å²) in [5, 5.41) is 22.8.